The molecule has 0 aliphatic carbocycles. The lowest BCUT2D eigenvalue weighted by Gasteiger charge is -2.10. The van der Waals surface area contributed by atoms with Crippen molar-refractivity contribution in [1.82, 2.24) is 19.1 Å². The van der Waals surface area contributed by atoms with Crippen LogP contribution in [-0.2, 0) is 0 Å². The van der Waals surface area contributed by atoms with Crippen LogP contribution in [0.1, 0.15) is 0 Å². The molecule has 4 heterocycles. The normalized spacial score (nSPS) is 11.9. The van der Waals surface area contributed by atoms with Crippen molar-refractivity contribution in [2.75, 3.05) is 0 Å². The van der Waals surface area contributed by atoms with E-state index in [4.69, 9.17) is 14.4 Å². The molecule has 4 aromatic heterocycles. The molecule has 0 aliphatic heterocycles. The molecule has 0 spiro atoms. The van der Waals surface area contributed by atoms with Gasteiger partial charge in [-0.25, -0.2) is 9.97 Å². The number of furan rings is 1. The molecule has 0 saturated carbocycles. The number of hydrogen-bond acceptors (Lipinski definition) is 3. The van der Waals surface area contributed by atoms with Gasteiger partial charge >= 0.3 is 0 Å². The van der Waals surface area contributed by atoms with E-state index in [-0.39, 0.29) is 0 Å². The Hall–Kier alpha value is -6.98. The summed E-state index contributed by atoms with van der Waals surface area (Å²) in [4.78, 5) is 9.95. The summed E-state index contributed by atoms with van der Waals surface area (Å²) in [6.45, 7) is 0. The molecule has 5 heteroatoms. The van der Waals surface area contributed by atoms with Crippen molar-refractivity contribution in [2.24, 2.45) is 0 Å². The van der Waals surface area contributed by atoms with Gasteiger partial charge in [-0.05, 0) is 71.8 Å². The Kier molecular flexibility index (Phi) is 5.89. The second-order valence-corrected chi connectivity index (χ2v) is 13.1. The monoisotopic (exact) mass is 652 g/mol. The van der Waals surface area contributed by atoms with Gasteiger partial charge in [-0.1, -0.05) is 103 Å². The Morgan fingerprint density at radius 3 is 1.73 bits per heavy atom. The molecule has 0 unspecified atom stereocenters. The molecular formula is C46H28N4O. The zero-order valence-corrected chi connectivity index (χ0v) is 27.4. The van der Waals surface area contributed by atoms with E-state index in [1.165, 1.54) is 43.7 Å². The van der Waals surface area contributed by atoms with Crippen molar-refractivity contribution in [3.8, 4) is 33.9 Å². The van der Waals surface area contributed by atoms with E-state index in [1.807, 2.05) is 6.07 Å². The first kappa shape index (κ1) is 27.9. The molecule has 0 aliphatic rings. The Bertz CT molecular complexity index is 3090. The molecule has 0 bridgehead atoms. The molecule has 0 atom stereocenters. The van der Waals surface area contributed by atoms with E-state index >= 15 is 0 Å². The summed E-state index contributed by atoms with van der Waals surface area (Å²) in [6, 6.07) is 57.9. The Morgan fingerprint density at radius 2 is 1.00 bits per heavy atom. The maximum Gasteiger partial charge on any atom is 0.172 e. The minimum Gasteiger partial charge on any atom is -0.453 e. The van der Waals surface area contributed by atoms with Crippen LogP contribution in [0.25, 0.3) is 99.6 Å². The molecule has 0 amide bonds. The number of aromatic nitrogens is 4. The van der Waals surface area contributed by atoms with Crippen LogP contribution in [0.2, 0.25) is 0 Å². The summed E-state index contributed by atoms with van der Waals surface area (Å²) >= 11 is 0. The fraction of sp³-hybridized carbons (Fsp3) is 0. The van der Waals surface area contributed by atoms with Gasteiger partial charge < -0.3 is 13.6 Å². The van der Waals surface area contributed by atoms with Gasteiger partial charge in [0, 0.05) is 43.9 Å². The molecule has 11 rings (SSSR count). The van der Waals surface area contributed by atoms with Gasteiger partial charge in [0.15, 0.2) is 11.4 Å². The van der Waals surface area contributed by atoms with Crippen LogP contribution in [0.15, 0.2) is 174 Å². The van der Waals surface area contributed by atoms with Gasteiger partial charge in [0.25, 0.3) is 0 Å². The third-order valence-electron chi connectivity index (χ3n) is 10.2. The maximum absolute atomic E-state index is 6.27. The molecule has 5 nitrogen and oxygen atoms in total. The summed E-state index contributed by atoms with van der Waals surface area (Å²) in [7, 11) is 0. The van der Waals surface area contributed by atoms with E-state index in [0.717, 1.165) is 44.5 Å². The SMILES string of the molecule is c1ccc(-c2ccc3c(c2)c2ccccc2n3-c2cccc(-c3ncc4oc5ccc(-n6c7ccccc7c7ccccc76)cc5c4n3)c2)cc1. The number of fused-ring (bicyclic) bond motifs is 9. The zero-order valence-electron chi connectivity index (χ0n) is 27.4. The van der Waals surface area contributed by atoms with Gasteiger partial charge in [0.05, 0.1) is 28.3 Å². The minimum absolute atomic E-state index is 0.654. The average Bonchev–Trinajstić information content (AvgIpc) is 3.85. The van der Waals surface area contributed by atoms with Crippen LogP contribution < -0.4 is 0 Å². The lowest BCUT2D eigenvalue weighted by Crippen LogP contribution is -1.96. The van der Waals surface area contributed by atoms with Gasteiger partial charge in [-0.3, -0.25) is 0 Å². The lowest BCUT2D eigenvalue weighted by molar-refractivity contribution is 0.666. The predicted octanol–water partition coefficient (Wildman–Crippen LogP) is 11.9. The minimum atomic E-state index is 0.654. The van der Waals surface area contributed by atoms with Gasteiger partial charge in [0.1, 0.15) is 11.1 Å². The Morgan fingerprint density at radius 1 is 0.392 bits per heavy atom. The second kappa shape index (κ2) is 10.8. The summed E-state index contributed by atoms with van der Waals surface area (Å²) in [5, 5.41) is 5.86. The number of para-hydroxylation sites is 3. The molecule has 51 heavy (non-hydrogen) atoms. The lowest BCUT2D eigenvalue weighted by atomic mass is 10.0. The molecule has 0 radical (unpaired) electrons. The van der Waals surface area contributed by atoms with Crippen molar-refractivity contribution in [2.45, 2.75) is 0 Å². The highest BCUT2D eigenvalue weighted by atomic mass is 16.3. The summed E-state index contributed by atoms with van der Waals surface area (Å²) in [5.74, 6) is 0.654. The summed E-state index contributed by atoms with van der Waals surface area (Å²) < 4.78 is 10.9. The Labute approximate surface area is 292 Å². The number of rotatable bonds is 4. The topological polar surface area (TPSA) is 48.8 Å². The fourth-order valence-electron chi connectivity index (χ4n) is 7.87. The van der Waals surface area contributed by atoms with Crippen molar-refractivity contribution in [3.63, 3.8) is 0 Å². The molecule has 0 fully saturated rings. The van der Waals surface area contributed by atoms with Crippen LogP contribution in [0, 0.1) is 0 Å². The summed E-state index contributed by atoms with van der Waals surface area (Å²) in [6.07, 6.45) is 1.80. The van der Waals surface area contributed by atoms with E-state index in [9.17, 15) is 0 Å². The molecule has 238 valence electrons. The van der Waals surface area contributed by atoms with Crippen molar-refractivity contribution >= 4 is 65.7 Å². The van der Waals surface area contributed by atoms with Crippen LogP contribution in [0.4, 0.5) is 0 Å². The van der Waals surface area contributed by atoms with Gasteiger partial charge in [0.2, 0.25) is 0 Å². The highest BCUT2D eigenvalue weighted by Crippen LogP contribution is 2.37. The third kappa shape index (κ3) is 4.22. The summed E-state index contributed by atoms with van der Waals surface area (Å²) in [5.41, 5.74) is 12.4. The second-order valence-electron chi connectivity index (χ2n) is 13.1. The third-order valence-corrected chi connectivity index (χ3v) is 10.2. The van der Waals surface area contributed by atoms with Gasteiger partial charge in [-0.2, -0.15) is 0 Å². The number of nitrogens with zero attached hydrogens (tertiary/aromatic N) is 4. The highest BCUT2D eigenvalue weighted by molar-refractivity contribution is 6.11. The fourth-order valence-corrected chi connectivity index (χ4v) is 7.87. The first-order chi connectivity index (χ1) is 25.3. The molecule has 11 aromatic rings. The van der Waals surface area contributed by atoms with E-state index in [0.29, 0.717) is 11.4 Å². The Balaban J connectivity index is 1.06. The largest absolute Gasteiger partial charge is 0.453 e. The first-order valence-electron chi connectivity index (χ1n) is 17.2. The molecule has 7 aromatic carbocycles. The van der Waals surface area contributed by atoms with Crippen molar-refractivity contribution < 1.29 is 4.42 Å². The molecule has 0 N–H and O–H groups in total. The molecular weight excluding hydrogens is 625 g/mol. The zero-order chi connectivity index (χ0) is 33.5. The molecule has 0 saturated heterocycles. The van der Waals surface area contributed by atoms with Gasteiger partial charge in [-0.15, -0.1) is 0 Å². The van der Waals surface area contributed by atoms with E-state index in [2.05, 4.69) is 167 Å². The van der Waals surface area contributed by atoms with Crippen molar-refractivity contribution in [1.29, 1.82) is 0 Å². The smallest absolute Gasteiger partial charge is 0.172 e. The number of benzene rings is 7. The van der Waals surface area contributed by atoms with E-state index < -0.39 is 0 Å². The quantitative estimate of drug-likeness (QED) is 0.190. The maximum atomic E-state index is 6.27. The van der Waals surface area contributed by atoms with Crippen LogP contribution in [0.3, 0.4) is 0 Å². The first-order valence-corrected chi connectivity index (χ1v) is 17.2. The van der Waals surface area contributed by atoms with Crippen LogP contribution in [0.5, 0.6) is 0 Å². The van der Waals surface area contributed by atoms with Crippen LogP contribution >= 0.6 is 0 Å². The number of hydrogen-bond donors (Lipinski definition) is 0. The average molecular weight is 653 g/mol. The highest BCUT2D eigenvalue weighted by Gasteiger charge is 2.17. The van der Waals surface area contributed by atoms with Crippen molar-refractivity contribution in [3.05, 3.63) is 170 Å². The predicted molar refractivity (Wildman–Crippen MR) is 209 cm³/mol. The van der Waals surface area contributed by atoms with E-state index in [1.54, 1.807) is 6.20 Å². The standard InChI is InChI=1S/C46H28N4O/c1-2-11-29(12-3-1)30-21-23-42-37(26-30)36-17-6-9-20-41(36)49(42)32-14-10-13-31(25-32)46-47-28-44-45(48-46)38-27-33(22-24-43(38)51-44)50-39-18-7-4-15-34(39)35-16-5-8-19-40(35)50/h1-28H. The van der Waals surface area contributed by atoms with Crippen LogP contribution in [-0.4, -0.2) is 19.1 Å².